The number of nitrogens with zero attached hydrogens (tertiary/aromatic N) is 4. The Morgan fingerprint density at radius 1 is 0.982 bits per heavy atom. The van der Waals surface area contributed by atoms with Gasteiger partial charge in [-0.3, -0.25) is 4.68 Å². The lowest BCUT2D eigenvalue weighted by atomic mass is 9.97. The van der Waals surface area contributed by atoms with E-state index in [1.165, 1.54) is 12.1 Å². The number of hydrogen-bond acceptors (Lipinski definition) is 7. The molecule has 12 heteroatoms. The monoisotopic (exact) mass is 772 g/mol. The van der Waals surface area contributed by atoms with Crippen molar-refractivity contribution < 1.29 is 32.9 Å². The Hall–Kier alpha value is -4.61. The highest BCUT2D eigenvalue weighted by molar-refractivity contribution is 6.35. The molecular weight excluding hydrogens is 723 g/mol. The van der Waals surface area contributed by atoms with E-state index >= 15 is 0 Å². The molecule has 0 saturated carbocycles. The largest absolute Gasteiger partial charge is 0.493 e. The van der Waals surface area contributed by atoms with Gasteiger partial charge in [-0.15, -0.1) is 0 Å². The molecule has 0 bridgehead atoms. The summed E-state index contributed by atoms with van der Waals surface area (Å²) in [7, 11) is 1.92. The molecule has 2 aliphatic rings. The van der Waals surface area contributed by atoms with Crippen molar-refractivity contribution in [3.8, 4) is 16.9 Å². The lowest BCUT2D eigenvalue weighted by Gasteiger charge is -2.24. The minimum Gasteiger partial charge on any atom is -0.493 e. The van der Waals surface area contributed by atoms with Crippen LogP contribution in [-0.4, -0.2) is 70.9 Å². The number of fused-ring (bicyclic) bond motifs is 3. The molecule has 0 aliphatic carbocycles. The van der Waals surface area contributed by atoms with Crippen molar-refractivity contribution in [1.29, 1.82) is 0 Å². The number of carbonyl (C=O) groups excluding carboxylic acids is 2. The Labute approximate surface area is 326 Å². The fourth-order valence-electron chi connectivity index (χ4n) is 8.27. The number of rotatable bonds is 11. The van der Waals surface area contributed by atoms with Crippen LogP contribution in [0, 0.1) is 11.7 Å². The van der Waals surface area contributed by atoms with E-state index in [9.17, 15) is 14.0 Å². The molecule has 3 aromatic carbocycles. The molecule has 2 aromatic heterocycles. The van der Waals surface area contributed by atoms with Crippen LogP contribution in [0.5, 0.6) is 5.75 Å². The fourth-order valence-corrected chi connectivity index (χ4v) is 8.52. The smallest absolute Gasteiger partial charge is 0.410 e. The summed E-state index contributed by atoms with van der Waals surface area (Å²) in [4.78, 5) is 29.4. The van der Waals surface area contributed by atoms with E-state index < -0.39 is 0 Å². The normalized spacial score (nSPS) is 15.2. The van der Waals surface area contributed by atoms with Gasteiger partial charge in [-0.2, -0.15) is 5.10 Å². The van der Waals surface area contributed by atoms with Crippen LogP contribution in [0.2, 0.25) is 5.02 Å². The number of esters is 1. The summed E-state index contributed by atoms with van der Waals surface area (Å²) in [6, 6.07) is 14.2. The van der Waals surface area contributed by atoms with Crippen LogP contribution in [0.4, 0.5) is 9.18 Å². The van der Waals surface area contributed by atoms with Crippen molar-refractivity contribution in [3.05, 3.63) is 82.0 Å². The molecule has 0 N–H and O–H groups in total. The number of halogens is 2. The van der Waals surface area contributed by atoms with Crippen LogP contribution in [-0.2, 0) is 47.2 Å². The van der Waals surface area contributed by atoms with Crippen molar-refractivity contribution >= 4 is 45.3 Å². The van der Waals surface area contributed by atoms with Crippen LogP contribution in [0.3, 0.4) is 0 Å². The molecule has 55 heavy (non-hydrogen) atoms. The number of aromatic nitrogens is 3. The first-order valence-electron chi connectivity index (χ1n) is 19.6. The van der Waals surface area contributed by atoms with E-state index in [0.29, 0.717) is 80.8 Å². The first-order chi connectivity index (χ1) is 26.8. The Morgan fingerprint density at radius 3 is 2.58 bits per heavy atom. The molecule has 4 heterocycles. The number of amides is 1. The van der Waals surface area contributed by atoms with Gasteiger partial charge in [-0.25, -0.2) is 14.0 Å². The molecule has 0 unspecified atom stereocenters. The van der Waals surface area contributed by atoms with Crippen LogP contribution in [0.1, 0.15) is 79.8 Å². The standard InChI is InChI=1S/C43H50ClFN4O6/c1-4-36-39-35(46-47(36)3)27-48(43(51)55-25-19-28-17-23-52-24-18-28)20-6-7-21-49-40-33(15-16-34(44)38(39)40)32(41(49)42(50)53-5-2)11-9-22-54-37-12-8-10-29-26-30(45)13-14-31(29)37/h8,10,12-16,26,28H,4-7,9,11,17-25,27H2,1-3H3. The lowest BCUT2D eigenvalue weighted by molar-refractivity contribution is 0.0498. The third kappa shape index (κ3) is 8.19. The van der Waals surface area contributed by atoms with Crippen molar-refractivity contribution in [2.45, 2.75) is 78.3 Å². The highest BCUT2D eigenvalue weighted by atomic mass is 35.5. The number of hydrogen-bond donors (Lipinski definition) is 0. The summed E-state index contributed by atoms with van der Waals surface area (Å²) in [5.74, 6) is 0.499. The first kappa shape index (κ1) is 38.7. The van der Waals surface area contributed by atoms with Gasteiger partial charge in [0.15, 0.2) is 0 Å². The van der Waals surface area contributed by atoms with E-state index in [-0.39, 0.29) is 31.0 Å². The molecule has 2 aliphatic heterocycles. The minimum absolute atomic E-state index is 0.233. The maximum Gasteiger partial charge on any atom is 0.410 e. The number of carbonyl (C=O) groups is 2. The summed E-state index contributed by atoms with van der Waals surface area (Å²) < 4.78 is 41.2. The van der Waals surface area contributed by atoms with Gasteiger partial charge >= 0.3 is 12.1 Å². The number of aryl methyl sites for hydroxylation is 3. The molecule has 1 amide bonds. The van der Waals surface area contributed by atoms with Crippen molar-refractivity contribution in [2.75, 3.05) is 39.6 Å². The summed E-state index contributed by atoms with van der Waals surface area (Å²) >= 11 is 7.21. The van der Waals surface area contributed by atoms with Crippen LogP contribution < -0.4 is 4.74 Å². The molecule has 292 valence electrons. The van der Waals surface area contributed by atoms with Gasteiger partial charge < -0.3 is 28.4 Å². The summed E-state index contributed by atoms with van der Waals surface area (Å²) in [6.45, 7) is 7.66. The zero-order valence-corrected chi connectivity index (χ0v) is 32.8. The van der Waals surface area contributed by atoms with Crippen molar-refractivity contribution in [1.82, 2.24) is 19.2 Å². The second kappa shape index (κ2) is 17.5. The first-order valence-corrected chi connectivity index (χ1v) is 20.0. The third-order valence-electron chi connectivity index (χ3n) is 11.0. The maximum absolute atomic E-state index is 14.0. The molecule has 10 nitrogen and oxygen atoms in total. The highest BCUT2D eigenvalue weighted by Gasteiger charge is 2.31. The molecule has 7 rings (SSSR count). The molecule has 5 aromatic rings. The Bertz CT molecular complexity index is 2170. The zero-order valence-electron chi connectivity index (χ0n) is 32.0. The highest BCUT2D eigenvalue weighted by Crippen LogP contribution is 2.43. The van der Waals surface area contributed by atoms with Gasteiger partial charge in [0.05, 0.1) is 42.6 Å². The molecular formula is C43H50ClFN4O6. The average molecular weight is 773 g/mol. The molecule has 0 atom stereocenters. The summed E-state index contributed by atoms with van der Waals surface area (Å²) in [5.41, 5.74) is 5.63. The lowest BCUT2D eigenvalue weighted by Crippen LogP contribution is -2.33. The fraction of sp³-hybridized carbons (Fsp3) is 0.465. The van der Waals surface area contributed by atoms with Gasteiger partial charge in [0.1, 0.15) is 17.3 Å². The van der Waals surface area contributed by atoms with Gasteiger partial charge in [0, 0.05) is 60.9 Å². The zero-order chi connectivity index (χ0) is 38.5. The Morgan fingerprint density at radius 2 is 1.78 bits per heavy atom. The van der Waals surface area contributed by atoms with Crippen molar-refractivity contribution in [3.63, 3.8) is 0 Å². The number of ether oxygens (including phenoxy) is 4. The molecule has 0 spiro atoms. The maximum atomic E-state index is 14.0. The average Bonchev–Trinajstić information content (AvgIpc) is 3.66. The van der Waals surface area contributed by atoms with E-state index in [2.05, 4.69) is 11.5 Å². The topological polar surface area (TPSA) is 97.1 Å². The van der Waals surface area contributed by atoms with E-state index in [1.807, 2.05) is 49.0 Å². The molecule has 1 saturated heterocycles. The molecule has 1 fully saturated rings. The third-order valence-corrected chi connectivity index (χ3v) is 11.3. The van der Waals surface area contributed by atoms with E-state index in [0.717, 1.165) is 82.2 Å². The van der Waals surface area contributed by atoms with Gasteiger partial charge in [0.25, 0.3) is 0 Å². The second-order valence-corrected chi connectivity index (χ2v) is 14.8. The Kier molecular flexibility index (Phi) is 12.3. The van der Waals surface area contributed by atoms with E-state index in [4.69, 9.17) is 35.6 Å². The predicted octanol–water partition coefficient (Wildman–Crippen LogP) is 9.29. The van der Waals surface area contributed by atoms with Crippen LogP contribution in [0.25, 0.3) is 32.8 Å². The van der Waals surface area contributed by atoms with Gasteiger partial charge in [-0.1, -0.05) is 36.7 Å². The van der Waals surface area contributed by atoms with E-state index in [1.54, 1.807) is 11.0 Å². The summed E-state index contributed by atoms with van der Waals surface area (Å²) in [5, 5.41) is 8.05. The van der Waals surface area contributed by atoms with Crippen molar-refractivity contribution in [2.24, 2.45) is 13.0 Å². The SMILES string of the molecule is CCOC(=O)c1c(CCCOc2cccc3cc(F)ccc23)c2ccc(Cl)c3c2n1CCCCN(C(=O)OCCC1CCOCC1)Cc1nn(C)c(CC)c1-3. The minimum atomic E-state index is -0.389. The second-order valence-electron chi connectivity index (χ2n) is 14.4. The Balaban J connectivity index is 1.24. The molecule has 0 radical (unpaired) electrons. The van der Waals surface area contributed by atoms with Gasteiger partial charge in [-0.05, 0) is 105 Å². The van der Waals surface area contributed by atoms with Crippen LogP contribution >= 0.6 is 11.6 Å². The predicted molar refractivity (Wildman–Crippen MR) is 211 cm³/mol. The number of benzene rings is 3. The summed E-state index contributed by atoms with van der Waals surface area (Å²) in [6.07, 6.45) is 5.68. The van der Waals surface area contributed by atoms with Crippen LogP contribution in [0.15, 0.2) is 48.5 Å². The van der Waals surface area contributed by atoms with Gasteiger partial charge in [0.2, 0.25) is 0 Å². The quantitative estimate of drug-likeness (QED) is 0.0976.